The van der Waals surface area contributed by atoms with Gasteiger partial charge in [-0.1, -0.05) is 0 Å². The van der Waals surface area contributed by atoms with Gasteiger partial charge < -0.3 is 19.9 Å². The first-order valence-corrected chi connectivity index (χ1v) is 11.4. The van der Waals surface area contributed by atoms with Crippen LogP contribution >= 0.6 is 0 Å². The summed E-state index contributed by atoms with van der Waals surface area (Å²) in [5.74, 6) is 1.41. The maximum absolute atomic E-state index is 11.5. The zero-order valence-electron chi connectivity index (χ0n) is 18.7. The Kier molecular flexibility index (Phi) is 4.95. The number of aromatic nitrogens is 6. The maximum Gasteiger partial charge on any atom is 0.326 e. The Morgan fingerprint density at radius 1 is 1.11 bits per heavy atom. The number of nitrogens with zero attached hydrogens (tertiary/aromatic N) is 8. The number of aromatic amines is 2. The molecule has 35 heavy (non-hydrogen) atoms. The molecule has 4 aromatic heterocycles. The van der Waals surface area contributed by atoms with Gasteiger partial charge in [0.05, 0.1) is 17.8 Å². The minimum atomic E-state index is -0.488. The standard InChI is InChI=1S/C23H22N10O2/c24-11-14-1-4-18(25-12-14)31-5-7-32(8-6-31)19-10-20(27-16-2-3-16)33-21(29-19)15(13-26-33)9-17-22(34)30-23(35)28-17/h1,4,9-10,12-13,16,34H,2-3,5-8H2,(H2,28,30,35)/b15-9-,27-20?. The summed E-state index contributed by atoms with van der Waals surface area (Å²) >= 11 is 0. The number of fused-ring (bicyclic) bond motifs is 1. The largest absolute Gasteiger partial charge is 0.493 e. The van der Waals surface area contributed by atoms with Gasteiger partial charge in [-0.15, -0.1) is 0 Å². The maximum atomic E-state index is 11.5. The van der Waals surface area contributed by atoms with Gasteiger partial charge in [-0.3, -0.25) is 9.98 Å². The summed E-state index contributed by atoms with van der Waals surface area (Å²) in [5, 5.41) is 24.1. The number of rotatable bonds is 4. The Morgan fingerprint density at radius 3 is 2.51 bits per heavy atom. The van der Waals surface area contributed by atoms with Crippen LogP contribution in [0.2, 0.25) is 0 Å². The van der Waals surface area contributed by atoms with Gasteiger partial charge >= 0.3 is 5.69 Å². The molecule has 176 valence electrons. The molecule has 12 nitrogen and oxygen atoms in total. The molecular formula is C23H22N10O2. The van der Waals surface area contributed by atoms with Crippen molar-refractivity contribution in [1.29, 1.82) is 5.26 Å². The SMILES string of the molecule is N#Cc1ccc(N2CCN(c3cc(=NC4CC4)n4nc/c(=C/c5[nH]c(=O)[nH]c5O)c4n3)CC2)nc1. The van der Waals surface area contributed by atoms with Gasteiger partial charge in [-0.05, 0) is 31.1 Å². The van der Waals surface area contributed by atoms with Crippen molar-refractivity contribution in [1.82, 2.24) is 29.5 Å². The zero-order valence-corrected chi connectivity index (χ0v) is 18.7. The Morgan fingerprint density at radius 2 is 1.89 bits per heavy atom. The van der Waals surface area contributed by atoms with E-state index in [1.165, 1.54) is 0 Å². The third-order valence-electron chi connectivity index (χ3n) is 6.17. The molecule has 6 rings (SSSR count). The van der Waals surface area contributed by atoms with Crippen molar-refractivity contribution < 1.29 is 5.11 Å². The summed E-state index contributed by atoms with van der Waals surface area (Å²) in [6.07, 6.45) is 7.01. The molecule has 1 saturated heterocycles. The fourth-order valence-electron chi connectivity index (χ4n) is 4.15. The summed E-state index contributed by atoms with van der Waals surface area (Å²) in [6, 6.07) is 8.02. The highest BCUT2D eigenvalue weighted by Crippen LogP contribution is 2.23. The molecule has 2 aliphatic rings. The first-order chi connectivity index (χ1) is 17.1. The highest BCUT2D eigenvalue weighted by atomic mass is 16.3. The van der Waals surface area contributed by atoms with Gasteiger partial charge in [0, 0.05) is 43.7 Å². The monoisotopic (exact) mass is 470 g/mol. The van der Waals surface area contributed by atoms with E-state index in [1.807, 2.05) is 12.1 Å². The normalized spacial score (nSPS) is 17.3. The first kappa shape index (κ1) is 20.9. The van der Waals surface area contributed by atoms with E-state index < -0.39 is 5.69 Å². The topological polar surface area (TPSA) is 155 Å². The number of nitriles is 1. The van der Waals surface area contributed by atoms with Crippen molar-refractivity contribution >= 4 is 23.4 Å². The van der Waals surface area contributed by atoms with Crippen LogP contribution in [0.15, 0.2) is 40.4 Å². The molecule has 3 N–H and O–H groups in total. The smallest absolute Gasteiger partial charge is 0.326 e. The lowest BCUT2D eigenvalue weighted by Gasteiger charge is -2.36. The average molecular weight is 470 g/mol. The molecule has 0 amide bonds. The molecule has 1 aliphatic carbocycles. The van der Waals surface area contributed by atoms with E-state index in [9.17, 15) is 9.90 Å². The molecule has 0 spiro atoms. The van der Waals surface area contributed by atoms with E-state index in [2.05, 4.69) is 35.9 Å². The summed E-state index contributed by atoms with van der Waals surface area (Å²) in [6.45, 7) is 3.01. The predicted octanol–water partition coefficient (Wildman–Crippen LogP) is -0.345. The van der Waals surface area contributed by atoms with Gasteiger partial charge in [-0.25, -0.2) is 14.8 Å². The molecule has 0 radical (unpaired) electrons. The second-order valence-corrected chi connectivity index (χ2v) is 8.64. The van der Waals surface area contributed by atoms with E-state index in [4.69, 9.17) is 15.2 Å². The minimum Gasteiger partial charge on any atom is -0.493 e. The molecule has 2 fully saturated rings. The van der Waals surface area contributed by atoms with Gasteiger partial charge in [0.15, 0.2) is 11.1 Å². The van der Waals surface area contributed by atoms with Crippen molar-refractivity contribution in [3.05, 3.63) is 63.0 Å². The molecule has 1 aliphatic heterocycles. The van der Waals surface area contributed by atoms with Crippen LogP contribution in [0.3, 0.4) is 0 Å². The lowest BCUT2D eigenvalue weighted by molar-refractivity contribution is 0.454. The first-order valence-electron chi connectivity index (χ1n) is 11.4. The van der Waals surface area contributed by atoms with Gasteiger partial charge in [0.25, 0.3) is 0 Å². The molecule has 0 atom stereocenters. The van der Waals surface area contributed by atoms with E-state index in [0.717, 1.165) is 56.1 Å². The molecule has 12 heteroatoms. The number of hydrogen-bond donors (Lipinski definition) is 3. The Labute approximate surface area is 198 Å². The average Bonchev–Trinajstić information content (AvgIpc) is 3.52. The molecule has 0 aromatic carbocycles. The molecule has 4 aromatic rings. The highest BCUT2D eigenvalue weighted by molar-refractivity contribution is 5.58. The molecule has 0 bridgehead atoms. The summed E-state index contributed by atoms with van der Waals surface area (Å²) in [4.78, 5) is 34.9. The van der Waals surface area contributed by atoms with Crippen LogP contribution in [0.4, 0.5) is 11.6 Å². The van der Waals surface area contributed by atoms with Crippen molar-refractivity contribution in [3.63, 3.8) is 0 Å². The number of hydrogen-bond acceptors (Lipinski definition) is 9. The lowest BCUT2D eigenvalue weighted by atomic mass is 10.2. The quantitative estimate of drug-likeness (QED) is 0.366. The second kappa shape index (κ2) is 8.28. The van der Waals surface area contributed by atoms with E-state index >= 15 is 0 Å². The van der Waals surface area contributed by atoms with Crippen LogP contribution in [0.5, 0.6) is 5.88 Å². The number of H-pyrrole nitrogens is 2. The molecule has 1 saturated carbocycles. The molecule has 0 unspecified atom stereocenters. The molecular weight excluding hydrogens is 448 g/mol. The summed E-state index contributed by atoms with van der Waals surface area (Å²) in [5.41, 5.74) is 1.65. The zero-order chi connectivity index (χ0) is 23.9. The van der Waals surface area contributed by atoms with Crippen molar-refractivity contribution in [2.75, 3.05) is 36.0 Å². The molecule has 5 heterocycles. The minimum absolute atomic E-state index is 0.235. The number of anilines is 2. The van der Waals surface area contributed by atoms with Gasteiger partial charge in [-0.2, -0.15) is 14.9 Å². The van der Waals surface area contributed by atoms with Crippen molar-refractivity contribution in [3.8, 4) is 11.9 Å². The Bertz CT molecular complexity index is 1610. The number of aromatic hydroxyl groups is 1. The third-order valence-corrected chi connectivity index (χ3v) is 6.17. The van der Waals surface area contributed by atoms with E-state index in [0.29, 0.717) is 22.5 Å². The Hall–Kier alpha value is -4.66. The fourth-order valence-corrected chi connectivity index (χ4v) is 4.15. The van der Waals surface area contributed by atoms with Crippen molar-refractivity contribution in [2.45, 2.75) is 18.9 Å². The van der Waals surface area contributed by atoms with Crippen LogP contribution in [0.25, 0.3) is 11.7 Å². The van der Waals surface area contributed by atoms with Crippen LogP contribution in [-0.2, 0) is 0 Å². The summed E-state index contributed by atoms with van der Waals surface area (Å²) < 4.78 is 1.70. The Balaban J connectivity index is 1.34. The van der Waals surface area contributed by atoms with Gasteiger partial charge in [0.2, 0.25) is 5.88 Å². The van der Waals surface area contributed by atoms with Gasteiger partial charge in [0.1, 0.15) is 23.4 Å². The predicted molar refractivity (Wildman–Crippen MR) is 127 cm³/mol. The third kappa shape index (κ3) is 4.08. The van der Waals surface area contributed by atoms with Crippen LogP contribution in [-0.4, -0.2) is 66.9 Å². The number of piperazine rings is 1. The van der Waals surface area contributed by atoms with Crippen LogP contribution in [0, 0.1) is 11.3 Å². The fraction of sp³-hybridized carbons (Fsp3) is 0.304. The van der Waals surface area contributed by atoms with Crippen LogP contribution < -0.4 is 26.2 Å². The van der Waals surface area contributed by atoms with Crippen molar-refractivity contribution in [2.24, 2.45) is 4.99 Å². The number of pyridine rings is 1. The van der Waals surface area contributed by atoms with E-state index in [1.54, 1.807) is 29.1 Å². The second-order valence-electron chi connectivity index (χ2n) is 8.64. The highest BCUT2D eigenvalue weighted by Gasteiger charge is 2.23. The van der Waals surface area contributed by atoms with Crippen LogP contribution in [0.1, 0.15) is 24.1 Å². The lowest BCUT2D eigenvalue weighted by Crippen LogP contribution is -2.47. The van der Waals surface area contributed by atoms with E-state index in [-0.39, 0.29) is 11.6 Å². The number of imidazole rings is 1. The number of nitrogens with one attached hydrogen (secondary N) is 2. The summed E-state index contributed by atoms with van der Waals surface area (Å²) in [7, 11) is 0.